The molecule has 29 heavy (non-hydrogen) atoms. The number of thiophene rings is 1. The number of anilines is 1. The maximum absolute atomic E-state index is 13.1. The lowest BCUT2D eigenvalue weighted by molar-refractivity contribution is 0.0825. The van der Waals surface area contributed by atoms with Gasteiger partial charge in [-0.15, -0.1) is 15.7 Å². The first-order valence-electron chi connectivity index (χ1n) is 9.79. The summed E-state index contributed by atoms with van der Waals surface area (Å²) in [4.78, 5) is 18.1. The second-order valence-electron chi connectivity index (χ2n) is 8.27. The number of nitrogens with zero attached hydrogens (tertiary/aromatic N) is 2. The molecule has 2 heterocycles. The number of pyridine rings is 1. The van der Waals surface area contributed by atoms with Crippen molar-refractivity contribution in [3.63, 3.8) is 0 Å². The van der Waals surface area contributed by atoms with Crippen molar-refractivity contribution in [2.45, 2.75) is 69.1 Å². The third kappa shape index (κ3) is 3.84. The Morgan fingerprint density at radius 1 is 1.24 bits per heavy atom. The molecule has 2 aliphatic rings. The summed E-state index contributed by atoms with van der Waals surface area (Å²) < 4.78 is 17.2. The third-order valence-electron chi connectivity index (χ3n) is 5.44. The van der Waals surface area contributed by atoms with Gasteiger partial charge in [-0.3, -0.25) is 4.98 Å². The molecule has 0 unspecified atom stereocenters. The van der Waals surface area contributed by atoms with Gasteiger partial charge in [0.1, 0.15) is 4.21 Å². The van der Waals surface area contributed by atoms with E-state index in [0.717, 1.165) is 78.1 Å². The highest BCUT2D eigenvalue weighted by molar-refractivity contribution is 7.93. The second kappa shape index (κ2) is 7.16. The molecule has 2 aromatic heterocycles. The minimum absolute atomic E-state index is 0.315. The van der Waals surface area contributed by atoms with Crippen molar-refractivity contribution in [1.29, 1.82) is 0 Å². The van der Waals surface area contributed by atoms with E-state index in [-0.39, 0.29) is 0 Å². The standard InChI is InChI=1S/C20H26N4O3S2/c1-11-10-16(20(2,3)26)28-18(11)29(21,27)24-19(25)23-17-12-6-4-8-14(12)22-15-9-5-7-13(15)17/h10,26H,4-9H2,1-3H3,(H3,21,22,23,24,25,27)/t29-/m1/s1. The molecule has 4 N–H and O–H groups in total. The number of amides is 2. The Hall–Kier alpha value is -1.81. The number of hydrogen-bond acceptors (Lipinski definition) is 5. The lowest BCUT2D eigenvalue weighted by Crippen LogP contribution is -2.19. The predicted molar refractivity (Wildman–Crippen MR) is 115 cm³/mol. The molecule has 2 aliphatic carbocycles. The van der Waals surface area contributed by atoms with E-state index in [4.69, 9.17) is 10.1 Å². The van der Waals surface area contributed by atoms with E-state index >= 15 is 0 Å². The number of aromatic nitrogens is 1. The van der Waals surface area contributed by atoms with Crippen LogP contribution in [0.15, 0.2) is 14.6 Å². The molecule has 0 saturated carbocycles. The van der Waals surface area contributed by atoms with Gasteiger partial charge in [-0.2, -0.15) is 0 Å². The summed E-state index contributed by atoms with van der Waals surface area (Å²) in [6, 6.07) is 1.03. The van der Waals surface area contributed by atoms with Gasteiger partial charge in [-0.05, 0) is 82.1 Å². The lowest BCUT2D eigenvalue weighted by Gasteiger charge is -2.14. The average Bonchev–Trinajstić information content (AvgIpc) is 3.31. The molecule has 0 radical (unpaired) electrons. The molecule has 2 amide bonds. The van der Waals surface area contributed by atoms with Crippen molar-refractivity contribution < 1.29 is 14.1 Å². The summed E-state index contributed by atoms with van der Waals surface area (Å²) in [5.41, 5.74) is 4.63. The van der Waals surface area contributed by atoms with Crippen LogP contribution in [0.5, 0.6) is 0 Å². The van der Waals surface area contributed by atoms with Crippen molar-refractivity contribution in [3.8, 4) is 0 Å². The Morgan fingerprint density at radius 2 is 1.83 bits per heavy atom. The van der Waals surface area contributed by atoms with Gasteiger partial charge in [0.25, 0.3) is 0 Å². The van der Waals surface area contributed by atoms with Gasteiger partial charge in [-0.1, -0.05) is 0 Å². The molecule has 0 aromatic carbocycles. The average molecular weight is 435 g/mol. The fourth-order valence-corrected chi connectivity index (χ4v) is 6.75. The fraction of sp³-hybridized carbons (Fsp3) is 0.500. The zero-order valence-corrected chi connectivity index (χ0v) is 18.5. The molecule has 1 atom stereocenters. The summed E-state index contributed by atoms with van der Waals surface area (Å²) in [6.45, 7) is 5.05. The fourth-order valence-electron chi connectivity index (χ4n) is 4.09. The van der Waals surface area contributed by atoms with Crippen LogP contribution < -0.4 is 10.5 Å². The van der Waals surface area contributed by atoms with E-state index in [9.17, 15) is 14.1 Å². The van der Waals surface area contributed by atoms with E-state index in [0.29, 0.717) is 14.6 Å². The van der Waals surface area contributed by atoms with Crippen LogP contribution >= 0.6 is 11.3 Å². The van der Waals surface area contributed by atoms with Crippen LogP contribution in [-0.2, 0) is 41.2 Å². The smallest absolute Gasteiger partial charge is 0.354 e. The van der Waals surface area contributed by atoms with Crippen LogP contribution in [0, 0.1) is 6.92 Å². The first kappa shape index (κ1) is 20.5. The van der Waals surface area contributed by atoms with Crippen LogP contribution in [-0.4, -0.2) is 20.3 Å². The van der Waals surface area contributed by atoms with Gasteiger partial charge in [0.05, 0.1) is 11.3 Å². The van der Waals surface area contributed by atoms with Crippen molar-refractivity contribution >= 4 is 33.0 Å². The molecule has 7 nitrogen and oxygen atoms in total. The molecule has 4 rings (SSSR count). The number of carbonyl (C=O) groups is 1. The van der Waals surface area contributed by atoms with Gasteiger partial charge >= 0.3 is 6.03 Å². The van der Waals surface area contributed by atoms with E-state index in [2.05, 4.69) is 9.68 Å². The molecule has 2 aromatic rings. The summed E-state index contributed by atoms with van der Waals surface area (Å²) in [6.07, 6.45) is 5.64. The highest BCUT2D eigenvalue weighted by Crippen LogP contribution is 2.37. The highest BCUT2D eigenvalue weighted by Gasteiger charge is 2.28. The minimum Gasteiger partial charge on any atom is -0.385 e. The largest absolute Gasteiger partial charge is 0.385 e. The number of aryl methyl sites for hydroxylation is 3. The van der Waals surface area contributed by atoms with Gasteiger partial charge in [-0.25, -0.2) is 14.1 Å². The van der Waals surface area contributed by atoms with Crippen molar-refractivity contribution in [2.75, 3.05) is 5.32 Å². The third-order valence-corrected chi connectivity index (χ3v) is 9.04. The molecule has 0 spiro atoms. The number of rotatable bonds is 3. The molecule has 9 heteroatoms. The maximum Gasteiger partial charge on any atom is 0.354 e. The lowest BCUT2D eigenvalue weighted by atomic mass is 10.1. The number of aliphatic hydroxyl groups is 1. The monoisotopic (exact) mass is 434 g/mol. The van der Waals surface area contributed by atoms with Gasteiger partial charge < -0.3 is 10.4 Å². The van der Waals surface area contributed by atoms with Crippen LogP contribution in [0.25, 0.3) is 0 Å². The molecule has 156 valence electrons. The summed E-state index contributed by atoms with van der Waals surface area (Å²) in [5.74, 6) is 0. The number of urea groups is 1. The number of hydrogen-bond donors (Lipinski definition) is 3. The number of nitrogens with two attached hydrogens (primary N) is 1. The second-order valence-corrected chi connectivity index (χ2v) is 11.3. The number of carbonyl (C=O) groups excluding carboxylic acids is 1. The van der Waals surface area contributed by atoms with Crippen molar-refractivity contribution in [1.82, 2.24) is 4.98 Å². The summed E-state index contributed by atoms with van der Waals surface area (Å²) >= 11 is 1.13. The Bertz CT molecular complexity index is 1090. The van der Waals surface area contributed by atoms with Crippen LogP contribution in [0.1, 0.15) is 59.6 Å². The zero-order valence-electron chi connectivity index (χ0n) is 16.9. The van der Waals surface area contributed by atoms with E-state index in [1.54, 1.807) is 26.8 Å². The van der Waals surface area contributed by atoms with Crippen LogP contribution in [0.2, 0.25) is 0 Å². The quantitative estimate of drug-likeness (QED) is 0.684. The van der Waals surface area contributed by atoms with E-state index < -0.39 is 21.5 Å². The Balaban J connectivity index is 1.68. The van der Waals surface area contributed by atoms with E-state index in [1.807, 2.05) is 0 Å². The topological polar surface area (TPSA) is 118 Å². The summed E-state index contributed by atoms with van der Waals surface area (Å²) in [7, 11) is -3.42. The van der Waals surface area contributed by atoms with Gasteiger partial charge in [0.2, 0.25) is 0 Å². The SMILES string of the molecule is Cc1cc(C(C)(C)O)sc1[S@](N)(=O)=NC(=O)Nc1c2c(nc3c1CCC3)CCC2. The predicted octanol–water partition coefficient (Wildman–Crippen LogP) is 3.59. The summed E-state index contributed by atoms with van der Waals surface area (Å²) in [5, 5.41) is 19.1. The normalized spacial score (nSPS) is 17.6. The maximum atomic E-state index is 13.1. The van der Waals surface area contributed by atoms with Crippen molar-refractivity contribution in [3.05, 3.63) is 39.0 Å². The van der Waals surface area contributed by atoms with Crippen LogP contribution in [0.4, 0.5) is 10.5 Å². The highest BCUT2D eigenvalue weighted by atomic mass is 32.2. The Morgan fingerprint density at radius 3 is 2.34 bits per heavy atom. The first-order chi connectivity index (χ1) is 13.6. The minimum atomic E-state index is -3.42. The van der Waals surface area contributed by atoms with Gasteiger partial charge in [0.15, 0.2) is 9.92 Å². The van der Waals surface area contributed by atoms with Crippen LogP contribution in [0.3, 0.4) is 0 Å². The Labute approximate surface area is 175 Å². The van der Waals surface area contributed by atoms with Crippen molar-refractivity contribution in [2.24, 2.45) is 9.50 Å². The zero-order chi connectivity index (χ0) is 21.0. The first-order valence-corrected chi connectivity index (χ1v) is 12.2. The van der Waals surface area contributed by atoms with E-state index in [1.165, 1.54) is 0 Å². The molecular formula is C20H26N4O3S2. The van der Waals surface area contributed by atoms with Gasteiger partial charge in [0, 0.05) is 16.3 Å². The molecule has 0 bridgehead atoms. The Kier molecular flexibility index (Phi) is 5.05. The number of nitrogens with one attached hydrogen (secondary N) is 1. The molecular weight excluding hydrogens is 408 g/mol. The number of fused-ring (bicyclic) bond motifs is 2. The molecule has 0 saturated heterocycles. The molecule has 0 aliphatic heterocycles. The molecule has 0 fully saturated rings.